The number of hydrogen-bond acceptors (Lipinski definition) is 4. The van der Waals surface area contributed by atoms with Crippen molar-refractivity contribution >= 4 is 28.5 Å². The SMILES string of the molecule is C#CCNC(=O)c1ccccc1NC(=O)c1cc(C)nc2c1c(C)nn2C. The zero-order valence-electron chi connectivity index (χ0n) is 15.3. The summed E-state index contributed by atoms with van der Waals surface area (Å²) in [6, 6.07) is 8.48. The van der Waals surface area contributed by atoms with Gasteiger partial charge in [0.25, 0.3) is 11.8 Å². The highest BCUT2D eigenvalue weighted by atomic mass is 16.2. The fourth-order valence-electron chi connectivity index (χ4n) is 2.96. The molecule has 3 aromatic rings. The number of rotatable bonds is 4. The Balaban J connectivity index is 1.99. The summed E-state index contributed by atoms with van der Waals surface area (Å²) in [5.74, 6) is 1.67. The Morgan fingerprint density at radius 2 is 1.93 bits per heavy atom. The van der Waals surface area contributed by atoms with Gasteiger partial charge in [-0.3, -0.25) is 14.3 Å². The van der Waals surface area contributed by atoms with Gasteiger partial charge in [0.2, 0.25) is 0 Å². The number of nitrogens with zero attached hydrogens (tertiary/aromatic N) is 3. The minimum absolute atomic E-state index is 0.111. The number of amides is 2. The van der Waals surface area contributed by atoms with Gasteiger partial charge in [-0.1, -0.05) is 18.1 Å². The van der Waals surface area contributed by atoms with Crippen molar-refractivity contribution in [1.29, 1.82) is 0 Å². The van der Waals surface area contributed by atoms with Gasteiger partial charge in [0.15, 0.2) is 5.65 Å². The van der Waals surface area contributed by atoms with E-state index in [0.717, 1.165) is 0 Å². The van der Waals surface area contributed by atoms with E-state index in [4.69, 9.17) is 6.42 Å². The molecule has 3 rings (SSSR count). The van der Waals surface area contributed by atoms with E-state index >= 15 is 0 Å². The lowest BCUT2D eigenvalue weighted by atomic mass is 10.1. The number of carbonyl (C=O) groups excluding carboxylic acids is 2. The molecule has 2 N–H and O–H groups in total. The summed E-state index contributed by atoms with van der Waals surface area (Å²) in [5, 5.41) is 10.5. The second-order valence-corrected chi connectivity index (χ2v) is 6.11. The third kappa shape index (κ3) is 3.51. The topological polar surface area (TPSA) is 88.9 Å². The summed E-state index contributed by atoms with van der Waals surface area (Å²) in [5.41, 5.74) is 3.26. The van der Waals surface area contributed by atoms with Crippen molar-refractivity contribution in [1.82, 2.24) is 20.1 Å². The molecule has 0 aliphatic carbocycles. The smallest absolute Gasteiger partial charge is 0.256 e. The molecular formula is C20H19N5O2. The summed E-state index contributed by atoms with van der Waals surface area (Å²) < 4.78 is 1.65. The molecule has 0 radical (unpaired) electrons. The number of para-hydroxylation sites is 1. The number of fused-ring (bicyclic) bond motifs is 1. The maximum Gasteiger partial charge on any atom is 0.256 e. The predicted octanol–water partition coefficient (Wildman–Crippen LogP) is 2.20. The van der Waals surface area contributed by atoms with Gasteiger partial charge in [0.1, 0.15) is 0 Å². The molecule has 0 saturated heterocycles. The third-order valence-electron chi connectivity index (χ3n) is 4.11. The van der Waals surface area contributed by atoms with Crippen LogP contribution in [0.4, 0.5) is 5.69 Å². The lowest BCUT2D eigenvalue weighted by molar-refractivity contribution is 0.0959. The maximum atomic E-state index is 13.0. The molecule has 0 fully saturated rings. The van der Waals surface area contributed by atoms with Crippen LogP contribution in [0.3, 0.4) is 0 Å². The normalized spacial score (nSPS) is 10.4. The minimum atomic E-state index is -0.350. The van der Waals surface area contributed by atoms with Crippen molar-refractivity contribution in [2.75, 3.05) is 11.9 Å². The molecule has 136 valence electrons. The third-order valence-corrected chi connectivity index (χ3v) is 4.11. The summed E-state index contributed by atoms with van der Waals surface area (Å²) in [4.78, 5) is 29.7. The van der Waals surface area contributed by atoms with Gasteiger partial charge < -0.3 is 10.6 Å². The molecule has 2 aromatic heterocycles. The van der Waals surface area contributed by atoms with Crippen LogP contribution in [0.1, 0.15) is 32.1 Å². The van der Waals surface area contributed by atoms with Crippen molar-refractivity contribution < 1.29 is 9.59 Å². The monoisotopic (exact) mass is 361 g/mol. The van der Waals surface area contributed by atoms with Crippen molar-refractivity contribution in [3.05, 3.63) is 52.8 Å². The number of anilines is 1. The first kappa shape index (κ1) is 18.1. The first-order valence-corrected chi connectivity index (χ1v) is 8.35. The van der Waals surface area contributed by atoms with E-state index in [-0.39, 0.29) is 18.4 Å². The molecule has 0 aliphatic heterocycles. The first-order valence-electron chi connectivity index (χ1n) is 8.35. The second-order valence-electron chi connectivity index (χ2n) is 6.11. The maximum absolute atomic E-state index is 13.0. The van der Waals surface area contributed by atoms with Crippen LogP contribution in [0, 0.1) is 26.2 Å². The molecule has 2 amide bonds. The fraction of sp³-hybridized carbons (Fsp3) is 0.200. The molecule has 0 bridgehead atoms. The molecule has 1 aromatic carbocycles. The van der Waals surface area contributed by atoms with E-state index in [2.05, 4.69) is 26.6 Å². The van der Waals surface area contributed by atoms with E-state index in [1.807, 2.05) is 13.8 Å². The number of carbonyl (C=O) groups is 2. The molecule has 0 spiro atoms. The molecule has 0 atom stereocenters. The molecule has 2 heterocycles. The molecule has 27 heavy (non-hydrogen) atoms. The predicted molar refractivity (Wildman–Crippen MR) is 104 cm³/mol. The summed E-state index contributed by atoms with van der Waals surface area (Å²) in [6.45, 7) is 3.76. The van der Waals surface area contributed by atoms with Gasteiger partial charge in [-0.05, 0) is 32.0 Å². The van der Waals surface area contributed by atoms with Crippen LogP contribution in [0.2, 0.25) is 0 Å². The molecule has 7 heteroatoms. The highest BCUT2D eigenvalue weighted by Crippen LogP contribution is 2.23. The number of pyridine rings is 1. The van der Waals surface area contributed by atoms with Crippen LogP contribution in [-0.2, 0) is 7.05 Å². The highest BCUT2D eigenvalue weighted by Gasteiger charge is 2.19. The van der Waals surface area contributed by atoms with Crippen LogP contribution in [-0.4, -0.2) is 33.1 Å². The lowest BCUT2D eigenvalue weighted by Crippen LogP contribution is -2.25. The standard InChI is InChI=1S/C20H19N5O2/c1-5-10-21-19(26)14-8-6-7-9-16(14)23-20(27)15-11-12(2)22-18-17(15)13(3)24-25(18)4/h1,6-9,11H,10H2,2-4H3,(H,21,26)(H,23,27). The van der Waals surface area contributed by atoms with E-state index in [0.29, 0.717) is 39.2 Å². The Bertz CT molecular complexity index is 1090. The van der Waals surface area contributed by atoms with Gasteiger partial charge in [-0.2, -0.15) is 5.10 Å². The number of aryl methyl sites for hydroxylation is 3. The molecule has 0 unspecified atom stereocenters. The highest BCUT2D eigenvalue weighted by molar-refractivity contribution is 6.14. The summed E-state index contributed by atoms with van der Waals surface area (Å²) in [6.07, 6.45) is 5.18. The number of benzene rings is 1. The fourth-order valence-corrected chi connectivity index (χ4v) is 2.96. The van der Waals surface area contributed by atoms with Crippen molar-refractivity contribution in [2.45, 2.75) is 13.8 Å². The van der Waals surface area contributed by atoms with Gasteiger partial charge >= 0.3 is 0 Å². The average Bonchev–Trinajstić information content (AvgIpc) is 2.93. The largest absolute Gasteiger partial charge is 0.341 e. The number of aromatic nitrogens is 3. The van der Waals surface area contributed by atoms with Crippen molar-refractivity contribution in [2.24, 2.45) is 7.05 Å². The molecular weight excluding hydrogens is 342 g/mol. The van der Waals surface area contributed by atoms with Gasteiger partial charge in [-0.25, -0.2) is 4.98 Å². The second kappa shape index (κ2) is 7.30. The molecule has 0 aliphatic rings. The Hall–Kier alpha value is -3.66. The van der Waals surface area contributed by atoms with Crippen LogP contribution >= 0.6 is 0 Å². The number of nitrogens with one attached hydrogen (secondary N) is 2. The van der Waals surface area contributed by atoms with Gasteiger partial charge in [0.05, 0.1) is 34.4 Å². The molecule has 0 saturated carbocycles. The number of terminal acetylenes is 1. The van der Waals surface area contributed by atoms with E-state index in [9.17, 15) is 9.59 Å². The Kier molecular flexibility index (Phi) is 4.90. The Labute approximate surface area is 156 Å². The number of hydrogen-bond donors (Lipinski definition) is 2. The van der Waals surface area contributed by atoms with Crippen LogP contribution < -0.4 is 10.6 Å². The Morgan fingerprint density at radius 3 is 2.67 bits per heavy atom. The van der Waals surface area contributed by atoms with Crippen LogP contribution in [0.5, 0.6) is 0 Å². The van der Waals surface area contributed by atoms with E-state index in [1.165, 1.54) is 0 Å². The van der Waals surface area contributed by atoms with Gasteiger partial charge in [-0.15, -0.1) is 6.42 Å². The summed E-state index contributed by atoms with van der Waals surface area (Å²) >= 11 is 0. The van der Waals surface area contributed by atoms with Crippen LogP contribution in [0.25, 0.3) is 11.0 Å². The minimum Gasteiger partial charge on any atom is -0.341 e. The van der Waals surface area contributed by atoms with Crippen molar-refractivity contribution in [3.63, 3.8) is 0 Å². The van der Waals surface area contributed by atoms with E-state index in [1.54, 1.807) is 42.1 Å². The van der Waals surface area contributed by atoms with E-state index < -0.39 is 0 Å². The molecule has 7 nitrogen and oxygen atoms in total. The lowest BCUT2D eigenvalue weighted by Gasteiger charge is -2.12. The summed E-state index contributed by atoms with van der Waals surface area (Å²) in [7, 11) is 1.79. The first-order chi connectivity index (χ1) is 12.9. The quantitative estimate of drug-likeness (QED) is 0.697. The Morgan fingerprint density at radius 1 is 1.19 bits per heavy atom. The zero-order valence-corrected chi connectivity index (χ0v) is 15.3. The average molecular weight is 361 g/mol. The van der Waals surface area contributed by atoms with Gasteiger partial charge in [0, 0.05) is 12.7 Å². The van der Waals surface area contributed by atoms with Crippen LogP contribution in [0.15, 0.2) is 30.3 Å². The van der Waals surface area contributed by atoms with Crippen molar-refractivity contribution in [3.8, 4) is 12.3 Å². The zero-order chi connectivity index (χ0) is 19.6.